The van der Waals surface area contributed by atoms with Gasteiger partial charge in [0.05, 0.1) is 5.41 Å². The second-order valence-corrected chi connectivity index (χ2v) is 8.89. The van der Waals surface area contributed by atoms with Gasteiger partial charge in [-0.15, -0.1) is 0 Å². The van der Waals surface area contributed by atoms with Gasteiger partial charge in [0.1, 0.15) is 0 Å². The quantitative estimate of drug-likeness (QED) is 0.836. The van der Waals surface area contributed by atoms with Crippen molar-refractivity contribution in [3.63, 3.8) is 0 Å². The molecular formula is C18H30N2O. The maximum Gasteiger partial charge on any atom is 0.226 e. The molecule has 3 atom stereocenters. The van der Waals surface area contributed by atoms with Gasteiger partial charge in [0, 0.05) is 12.6 Å². The van der Waals surface area contributed by atoms with Crippen molar-refractivity contribution in [1.29, 1.82) is 0 Å². The minimum absolute atomic E-state index is 0.00192. The van der Waals surface area contributed by atoms with Gasteiger partial charge in [0.15, 0.2) is 0 Å². The van der Waals surface area contributed by atoms with Gasteiger partial charge in [0.2, 0.25) is 5.91 Å². The Labute approximate surface area is 128 Å². The molecule has 4 bridgehead atoms. The molecule has 1 aliphatic heterocycles. The van der Waals surface area contributed by atoms with E-state index in [0.717, 1.165) is 37.8 Å². The summed E-state index contributed by atoms with van der Waals surface area (Å²) in [5.41, 5.74) is 0.469. The average Bonchev–Trinajstić information content (AvgIpc) is 2.88. The Balaban J connectivity index is 1.37. The molecule has 1 saturated heterocycles. The lowest BCUT2D eigenvalue weighted by molar-refractivity contribution is -0.155. The van der Waals surface area contributed by atoms with Crippen molar-refractivity contribution < 1.29 is 4.79 Å². The molecule has 4 aliphatic carbocycles. The summed E-state index contributed by atoms with van der Waals surface area (Å²) in [5, 5.41) is 6.83. The lowest BCUT2D eigenvalue weighted by Crippen LogP contribution is -2.57. The van der Waals surface area contributed by atoms with Gasteiger partial charge in [0.25, 0.3) is 0 Å². The Morgan fingerprint density at radius 1 is 1.24 bits per heavy atom. The van der Waals surface area contributed by atoms with Crippen LogP contribution in [-0.4, -0.2) is 25.0 Å². The van der Waals surface area contributed by atoms with E-state index >= 15 is 0 Å². The van der Waals surface area contributed by atoms with Crippen LogP contribution >= 0.6 is 0 Å². The Bertz CT molecular complexity index is 413. The number of hydrogen-bond acceptors (Lipinski definition) is 2. The minimum atomic E-state index is 0.00192. The highest BCUT2D eigenvalue weighted by atomic mass is 16.2. The lowest BCUT2D eigenvalue weighted by atomic mass is 9.44. The van der Waals surface area contributed by atoms with Crippen LogP contribution < -0.4 is 10.6 Å². The highest BCUT2D eigenvalue weighted by Crippen LogP contribution is 2.65. The van der Waals surface area contributed by atoms with E-state index in [1.807, 2.05) is 0 Å². The molecule has 118 valence electrons. The SMILES string of the molecule is CC12CC3CC(C1)CC(C(=O)NCC[C@@H]1CCCN1)(C3)C2. The van der Waals surface area contributed by atoms with Crippen LogP contribution in [-0.2, 0) is 4.79 Å². The zero-order valence-corrected chi connectivity index (χ0v) is 13.4. The third kappa shape index (κ3) is 2.52. The number of rotatable bonds is 4. The molecule has 0 aromatic carbocycles. The first-order valence-corrected chi connectivity index (χ1v) is 9.09. The van der Waals surface area contributed by atoms with Crippen molar-refractivity contribution in [2.24, 2.45) is 22.7 Å². The Morgan fingerprint density at radius 3 is 2.62 bits per heavy atom. The zero-order chi connectivity index (χ0) is 14.5. The van der Waals surface area contributed by atoms with Crippen molar-refractivity contribution in [1.82, 2.24) is 10.6 Å². The number of carbonyl (C=O) groups is 1. The van der Waals surface area contributed by atoms with Crippen LogP contribution in [0.25, 0.3) is 0 Å². The fourth-order valence-corrected chi connectivity index (χ4v) is 6.54. The number of amides is 1. The van der Waals surface area contributed by atoms with Crippen molar-refractivity contribution in [2.75, 3.05) is 13.1 Å². The number of hydrogen-bond donors (Lipinski definition) is 2. The molecule has 1 heterocycles. The van der Waals surface area contributed by atoms with Crippen LogP contribution in [0, 0.1) is 22.7 Å². The highest BCUT2D eigenvalue weighted by molar-refractivity contribution is 5.83. The molecule has 1 amide bonds. The summed E-state index contributed by atoms with van der Waals surface area (Å²) < 4.78 is 0. The smallest absolute Gasteiger partial charge is 0.226 e. The summed E-state index contributed by atoms with van der Waals surface area (Å²) in [7, 11) is 0. The molecule has 0 radical (unpaired) electrons. The molecule has 3 nitrogen and oxygen atoms in total. The van der Waals surface area contributed by atoms with E-state index in [1.54, 1.807) is 0 Å². The van der Waals surface area contributed by atoms with Crippen LogP contribution in [0.1, 0.15) is 64.7 Å². The average molecular weight is 290 g/mol. The third-order valence-electron chi connectivity index (χ3n) is 6.78. The monoisotopic (exact) mass is 290 g/mol. The van der Waals surface area contributed by atoms with E-state index in [2.05, 4.69) is 17.6 Å². The van der Waals surface area contributed by atoms with Crippen molar-refractivity contribution in [3.05, 3.63) is 0 Å². The first-order chi connectivity index (χ1) is 10.1. The lowest BCUT2D eigenvalue weighted by Gasteiger charge is -2.60. The Morgan fingerprint density at radius 2 is 2.00 bits per heavy atom. The molecule has 21 heavy (non-hydrogen) atoms. The first-order valence-electron chi connectivity index (χ1n) is 9.09. The largest absolute Gasteiger partial charge is 0.356 e. The number of carbonyl (C=O) groups excluding carboxylic acids is 1. The van der Waals surface area contributed by atoms with Gasteiger partial charge in [-0.3, -0.25) is 4.79 Å². The van der Waals surface area contributed by atoms with Crippen molar-refractivity contribution in [2.45, 2.75) is 70.8 Å². The van der Waals surface area contributed by atoms with Crippen LogP contribution in [0.5, 0.6) is 0 Å². The molecular weight excluding hydrogens is 260 g/mol. The third-order valence-corrected chi connectivity index (χ3v) is 6.78. The molecule has 0 aromatic heterocycles. The molecule has 5 fully saturated rings. The van der Waals surface area contributed by atoms with E-state index in [0.29, 0.717) is 17.4 Å². The van der Waals surface area contributed by atoms with Gasteiger partial charge in [-0.05, 0) is 81.6 Å². The highest BCUT2D eigenvalue weighted by Gasteiger charge is 2.58. The maximum atomic E-state index is 12.9. The normalized spacial score (nSPS) is 47.8. The fraction of sp³-hybridized carbons (Fsp3) is 0.944. The topological polar surface area (TPSA) is 41.1 Å². The van der Waals surface area contributed by atoms with Crippen LogP contribution in [0.15, 0.2) is 0 Å². The molecule has 4 saturated carbocycles. The molecule has 0 aromatic rings. The van der Waals surface area contributed by atoms with Crippen LogP contribution in [0.4, 0.5) is 0 Å². The van der Waals surface area contributed by atoms with E-state index in [4.69, 9.17) is 0 Å². The zero-order valence-electron chi connectivity index (χ0n) is 13.4. The predicted octanol–water partition coefficient (Wildman–Crippen LogP) is 2.85. The molecule has 5 aliphatic rings. The van der Waals surface area contributed by atoms with Gasteiger partial charge in [-0.25, -0.2) is 0 Å². The Hall–Kier alpha value is -0.570. The minimum Gasteiger partial charge on any atom is -0.356 e. The van der Waals surface area contributed by atoms with E-state index in [-0.39, 0.29) is 5.41 Å². The van der Waals surface area contributed by atoms with Gasteiger partial charge < -0.3 is 10.6 Å². The predicted molar refractivity (Wildman–Crippen MR) is 83.9 cm³/mol. The van der Waals surface area contributed by atoms with Gasteiger partial charge in [-0.2, -0.15) is 0 Å². The molecule has 2 unspecified atom stereocenters. The fourth-order valence-electron chi connectivity index (χ4n) is 6.54. The summed E-state index contributed by atoms with van der Waals surface area (Å²) in [5.74, 6) is 2.05. The van der Waals surface area contributed by atoms with E-state index in [1.165, 1.54) is 44.9 Å². The summed E-state index contributed by atoms with van der Waals surface area (Å²) in [6, 6.07) is 0.638. The summed E-state index contributed by atoms with van der Waals surface area (Å²) >= 11 is 0. The summed E-state index contributed by atoms with van der Waals surface area (Å²) in [4.78, 5) is 12.9. The van der Waals surface area contributed by atoms with Gasteiger partial charge in [-0.1, -0.05) is 6.92 Å². The van der Waals surface area contributed by atoms with Crippen LogP contribution in [0.3, 0.4) is 0 Å². The van der Waals surface area contributed by atoms with Gasteiger partial charge >= 0.3 is 0 Å². The Kier molecular flexibility index (Phi) is 3.33. The molecule has 0 spiro atoms. The number of nitrogens with one attached hydrogen (secondary N) is 2. The van der Waals surface area contributed by atoms with E-state index in [9.17, 15) is 4.79 Å². The maximum absolute atomic E-state index is 12.9. The van der Waals surface area contributed by atoms with Crippen molar-refractivity contribution >= 4 is 5.91 Å². The molecule has 2 N–H and O–H groups in total. The van der Waals surface area contributed by atoms with E-state index < -0.39 is 0 Å². The first kappa shape index (κ1) is 14.0. The van der Waals surface area contributed by atoms with Crippen LogP contribution in [0.2, 0.25) is 0 Å². The summed E-state index contributed by atoms with van der Waals surface area (Å²) in [6.45, 7) is 4.46. The van der Waals surface area contributed by atoms with Crippen molar-refractivity contribution in [3.8, 4) is 0 Å². The molecule has 5 rings (SSSR count). The molecule has 3 heteroatoms. The standard InChI is InChI=1S/C18H30N2O/c1-17-8-13-7-14(9-17)11-18(10-13,12-17)16(21)20-6-4-15-3-2-5-19-15/h13-15,19H,2-12H2,1H3,(H,20,21)/t13?,14?,15-,17?,18?/m0/s1. The summed E-state index contributed by atoms with van der Waals surface area (Å²) in [6.07, 6.45) is 11.3. The second-order valence-electron chi connectivity index (χ2n) is 8.89. The second kappa shape index (κ2) is 4.97.